The molecule has 17 heavy (non-hydrogen) atoms. The van der Waals surface area contributed by atoms with E-state index >= 15 is 0 Å². The van der Waals surface area contributed by atoms with Gasteiger partial charge in [-0.2, -0.15) is 0 Å². The van der Waals surface area contributed by atoms with E-state index in [9.17, 15) is 4.79 Å². The van der Waals surface area contributed by atoms with Crippen LogP contribution in [0.1, 0.15) is 20.3 Å². The molecule has 1 unspecified atom stereocenters. The highest BCUT2D eigenvalue weighted by Gasteiger charge is 2.09. The summed E-state index contributed by atoms with van der Waals surface area (Å²) in [4.78, 5) is 11.7. The molecule has 0 fully saturated rings. The Kier molecular flexibility index (Phi) is 5.75. The van der Waals surface area contributed by atoms with Gasteiger partial charge < -0.3 is 10.6 Å². The Morgan fingerprint density at radius 2 is 2.12 bits per heavy atom. The van der Waals surface area contributed by atoms with Gasteiger partial charge in [-0.05, 0) is 31.7 Å². The van der Waals surface area contributed by atoms with Crippen LogP contribution in [0.5, 0.6) is 0 Å². The third-order valence-electron chi connectivity index (χ3n) is 2.25. The molecular formula is C12H16Cl2N2O. The number of halogens is 2. The van der Waals surface area contributed by atoms with Gasteiger partial charge in [0.1, 0.15) is 0 Å². The van der Waals surface area contributed by atoms with Crippen LogP contribution in [0.15, 0.2) is 18.2 Å². The van der Waals surface area contributed by atoms with Gasteiger partial charge in [-0.25, -0.2) is 0 Å². The predicted octanol–water partition coefficient (Wildman–Crippen LogP) is 3.32. The summed E-state index contributed by atoms with van der Waals surface area (Å²) < 4.78 is 0. The molecule has 0 heterocycles. The van der Waals surface area contributed by atoms with E-state index in [-0.39, 0.29) is 11.9 Å². The highest BCUT2D eigenvalue weighted by Crippen LogP contribution is 2.25. The number of benzene rings is 1. The van der Waals surface area contributed by atoms with Crippen molar-refractivity contribution in [3.05, 3.63) is 28.2 Å². The van der Waals surface area contributed by atoms with Gasteiger partial charge >= 0.3 is 0 Å². The van der Waals surface area contributed by atoms with Crippen LogP contribution in [0.4, 0.5) is 5.69 Å². The molecule has 0 saturated heterocycles. The number of carbonyl (C=O) groups excluding carboxylic acids is 1. The summed E-state index contributed by atoms with van der Waals surface area (Å²) in [6, 6.07) is 5.13. The lowest BCUT2D eigenvalue weighted by molar-refractivity contribution is -0.116. The first-order chi connectivity index (χ1) is 8.02. The summed E-state index contributed by atoms with van der Waals surface area (Å²) in [6.45, 7) is 4.81. The molecule has 3 nitrogen and oxygen atoms in total. The fourth-order valence-electron chi connectivity index (χ4n) is 1.49. The van der Waals surface area contributed by atoms with Crippen molar-refractivity contribution in [1.82, 2.24) is 5.32 Å². The first-order valence-corrected chi connectivity index (χ1v) is 6.26. The Labute approximate surface area is 111 Å². The molecule has 0 aliphatic heterocycles. The molecule has 1 rings (SSSR count). The topological polar surface area (TPSA) is 41.1 Å². The highest BCUT2D eigenvalue weighted by atomic mass is 35.5. The van der Waals surface area contributed by atoms with Crippen LogP contribution in [0, 0.1) is 0 Å². The number of nitrogens with one attached hydrogen (secondary N) is 2. The number of hydrogen-bond donors (Lipinski definition) is 2. The fourth-order valence-corrected chi connectivity index (χ4v) is 1.95. The number of hydrogen-bond acceptors (Lipinski definition) is 2. The Balaban J connectivity index is 2.56. The molecule has 2 N–H and O–H groups in total. The summed E-state index contributed by atoms with van der Waals surface area (Å²) >= 11 is 11.7. The third-order valence-corrected chi connectivity index (χ3v) is 2.80. The number of amides is 1. The molecule has 0 aromatic heterocycles. The summed E-state index contributed by atoms with van der Waals surface area (Å²) in [5.41, 5.74) is 0.588. The minimum Gasteiger partial charge on any atom is -0.325 e. The maximum atomic E-state index is 11.7. The molecule has 1 aromatic carbocycles. The molecule has 0 spiro atoms. The largest absolute Gasteiger partial charge is 0.325 e. The van der Waals surface area contributed by atoms with Crippen LogP contribution in [0.3, 0.4) is 0 Å². The summed E-state index contributed by atoms with van der Waals surface area (Å²) in [5.74, 6) is -0.0670. The smallest absolute Gasteiger partial charge is 0.225 e. The molecule has 0 saturated carbocycles. The lowest BCUT2D eigenvalue weighted by Gasteiger charge is -2.12. The van der Waals surface area contributed by atoms with E-state index < -0.39 is 0 Å². The highest BCUT2D eigenvalue weighted by molar-refractivity contribution is 6.36. The quantitative estimate of drug-likeness (QED) is 0.865. The van der Waals surface area contributed by atoms with Crippen LogP contribution in [-0.2, 0) is 4.79 Å². The Morgan fingerprint density at radius 1 is 1.41 bits per heavy atom. The third kappa shape index (κ3) is 4.94. The van der Waals surface area contributed by atoms with Gasteiger partial charge in [-0.1, -0.05) is 30.1 Å². The van der Waals surface area contributed by atoms with E-state index in [4.69, 9.17) is 23.2 Å². The molecule has 1 amide bonds. The molecule has 0 aliphatic rings. The lowest BCUT2D eigenvalue weighted by atomic mass is 10.2. The maximum Gasteiger partial charge on any atom is 0.225 e. The fraction of sp³-hybridized carbons (Fsp3) is 0.417. The Morgan fingerprint density at radius 3 is 2.71 bits per heavy atom. The molecular weight excluding hydrogens is 259 g/mol. The zero-order chi connectivity index (χ0) is 12.8. The van der Waals surface area contributed by atoms with E-state index in [1.165, 1.54) is 0 Å². The average molecular weight is 275 g/mol. The van der Waals surface area contributed by atoms with E-state index in [0.29, 0.717) is 22.2 Å². The summed E-state index contributed by atoms with van der Waals surface area (Å²) in [6.07, 6.45) is 0.410. The maximum absolute atomic E-state index is 11.7. The van der Waals surface area contributed by atoms with Gasteiger partial charge in [0.05, 0.1) is 10.7 Å². The monoisotopic (exact) mass is 274 g/mol. The van der Waals surface area contributed by atoms with Crippen molar-refractivity contribution in [2.45, 2.75) is 26.3 Å². The number of rotatable bonds is 5. The second kappa shape index (κ2) is 6.84. The van der Waals surface area contributed by atoms with E-state index in [1.54, 1.807) is 18.2 Å². The van der Waals surface area contributed by atoms with Crippen molar-refractivity contribution in [2.24, 2.45) is 0 Å². The number of anilines is 1. The van der Waals surface area contributed by atoms with Gasteiger partial charge in [-0.3, -0.25) is 4.79 Å². The van der Waals surface area contributed by atoms with Crippen molar-refractivity contribution < 1.29 is 4.79 Å². The first-order valence-electron chi connectivity index (χ1n) is 5.51. The molecule has 94 valence electrons. The van der Waals surface area contributed by atoms with Crippen LogP contribution in [-0.4, -0.2) is 18.5 Å². The average Bonchev–Trinajstić information content (AvgIpc) is 2.22. The van der Waals surface area contributed by atoms with Crippen LogP contribution in [0.2, 0.25) is 10.0 Å². The predicted molar refractivity (Wildman–Crippen MR) is 72.8 cm³/mol. The van der Waals surface area contributed by atoms with E-state index in [2.05, 4.69) is 10.6 Å². The summed E-state index contributed by atoms with van der Waals surface area (Å²) in [5, 5.41) is 6.92. The minimum absolute atomic E-state index is 0.0670. The number of carbonyl (C=O) groups is 1. The minimum atomic E-state index is -0.0670. The zero-order valence-electron chi connectivity index (χ0n) is 9.89. The Hall–Kier alpha value is -0.770. The van der Waals surface area contributed by atoms with Gasteiger partial charge in [-0.15, -0.1) is 0 Å². The first kappa shape index (κ1) is 14.3. The normalized spacial score (nSPS) is 12.2. The molecule has 0 bridgehead atoms. The van der Waals surface area contributed by atoms with Crippen LogP contribution >= 0.6 is 23.2 Å². The van der Waals surface area contributed by atoms with Crippen molar-refractivity contribution in [1.29, 1.82) is 0 Å². The van der Waals surface area contributed by atoms with Gasteiger partial charge in [0.2, 0.25) is 5.91 Å². The van der Waals surface area contributed by atoms with Gasteiger partial charge in [0.15, 0.2) is 0 Å². The van der Waals surface area contributed by atoms with Crippen molar-refractivity contribution >= 4 is 34.8 Å². The molecule has 1 atom stereocenters. The zero-order valence-corrected chi connectivity index (χ0v) is 11.4. The van der Waals surface area contributed by atoms with Crippen molar-refractivity contribution in [3.8, 4) is 0 Å². The van der Waals surface area contributed by atoms with E-state index in [1.807, 2.05) is 13.8 Å². The van der Waals surface area contributed by atoms with Crippen molar-refractivity contribution in [2.75, 3.05) is 11.9 Å². The molecule has 0 aliphatic carbocycles. The SMILES string of the molecule is CCNC(C)CC(=O)Nc1ccc(Cl)cc1Cl. The lowest BCUT2D eigenvalue weighted by Crippen LogP contribution is -2.30. The van der Waals surface area contributed by atoms with Crippen molar-refractivity contribution in [3.63, 3.8) is 0 Å². The second-order valence-electron chi connectivity index (χ2n) is 3.84. The van der Waals surface area contributed by atoms with E-state index in [0.717, 1.165) is 6.54 Å². The van der Waals surface area contributed by atoms with Crippen LogP contribution in [0.25, 0.3) is 0 Å². The van der Waals surface area contributed by atoms with Gasteiger partial charge in [0.25, 0.3) is 0 Å². The second-order valence-corrected chi connectivity index (χ2v) is 4.68. The van der Waals surface area contributed by atoms with Crippen LogP contribution < -0.4 is 10.6 Å². The molecule has 5 heteroatoms. The van der Waals surface area contributed by atoms with Gasteiger partial charge in [0, 0.05) is 17.5 Å². The molecule has 0 radical (unpaired) electrons. The molecule has 1 aromatic rings. The summed E-state index contributed by atoms with van der Waals surface area (Å²) in [7, 11) is 0. The Bertz CT molecular complexity index is 396. The standard InChI is InChI=1S/C12H16Cl2N2O/c1-3-15-8(2)6-12(17)16-11-5-4-9(13)7-10(11)14/h4-5,7-8,15H,3,6H2,1-2H3,(H,16,17).